The summed E-state index contributed by atoms with van der Waals surface area (Å²) in [7, 11) is 3.37. The Morgan fingerprint density at radius 2 is 1.82 bits per heavy atom. The number of amides is 1. The van der Waals surface area contributed by atoms with E-state index in [2.05, 4.69) is 30.0 Å². The van der Waals surface area contributed by atoms with Crippen molar-refractivity contribution in [2.75, 3.05) is 25.6 Å². The number of allylic oxidation sites excluding steroid dienone is 4. The normalized spacial score (nSPS) is 10.8. The summed E-state index contributed by atoms with van der Waals surface area (Å²) in [5.74, 6) is -0.437. The van der Waals surface area contributed by atoms with Gasteiger partial charge in [0.05, 0.1) is 23.4 Å². The van der Waals surface area contributed by atoms with Gasteiger partial charge in [-0.2, -0.15) is 0 Å². The molecule has 0 saturated carbocycles. The zero-order valence-corrected chi connectivity index (χ0v) is 20.1. The zero-order chi connectivity index (χ0) is 25.0. The lowest BCUT2D eigenvalue weighted by atomic mass is 9.92. The molecule has 6 heteroatoms. The lowest BCUT2D eigenvalue weighted by molar-refractivity contribution is 0.0526. The highest BCUT2D eigenvalue weighted by Gasteiger charge is 2.29. The number of likely N-dealkylation sites (N-methyl/N-ethyl adjacent to an activating group) is 1. The van der Waals surface area contributed by atoms with Crippen LogP contribution < -0.4 is 10.2 Å². The van der Waals surface area contributed by atoms with Gasteiger partial charge in [0.2, 0.25) is 0 Å². The Kier molecular flexibility index (Phi) is 11.1. The van der Waals surface area contributed by atoms with Crippen molar-refractivity contribution < 1.29 is 14.3 Å². The Morgan fingerprint density at radius 1 is 1.18 bits per heavy atom. The Balaban J connectivity index is 0.00000265. The van der Waals surface area contributed by atoms with Crippen molar-refractivity contribution >= 4 is 17.7 Å². The van der Waals surface area contributed by atoms with E-state index in [-0.39, 0.29) is 18.1 Å². The van der Waals surface area contributed by atoms with Crippen molar-refractivity contribution in [3.63, 3.8) is 0 Å². The molecular weight excluding hydrogens is 414 g/mol. The molecule has 1 amide bonds. The summed E-state index contributed by atoms with van der Waals surface area (Å²) >= 11 is 0. The average molecular weight is 448 g/mol. The molecule has 0 fully saturated rings. The van der Waals surface area contributed by atoms with E-state index in [1.54, 1.807) is 31.9 Å². The van der Waals surface area contributed by atoms with Crippen LogP contribution in [-0.4, -0.2) is 37.6 Å². The second kappa shape index (κ2) is 13.5. The van der Waals surface area contributed by atoms with E-state index in [0.717, 1.165) is 11.3 Å². The van der Waals surface area contributed by atoms with Gasteiger partial charge in [-0.15, -0.1) is 13.2 Å². The maximum absolute atomic E-state index is 13.1. The second-order valence-corrected chi connectivity index (χ2v) is 6.70. The summed E-state index contributed by atoms with van der Waals surface area (Å²) in [5, 5.41) is 2.69. The van der Waals surface area contributed by atoms with Crippen LogP contribution in [-0.2, 0) is 4.74 Å². The average Bonchev–Trinajstić information content (AvgIpc) is 2.84. The number of pyridine rings is 1. The molecule has 0 atom stereocenters. The first-order valence-electron chi connectivity index (χ1n) is 10.6. The highest BCUT2D eigenvalue weighted by molar-refractivity contribution is 6.11. The largest absolute Gasteiger partial charge is 0.462 e. The molecule has 1 N–H and O–H groups in total. The molecule has 0 aliphatic heterocycles. The smallest absolute Gasteiger partial charge is 0.340 e. The van der Waals surface area contributed by atoms with E-state index >= 15 is 0 Å². The number of ether oxygens (including phenoxy) is 1. The number of hydrogen-bond donors (Lipinski definition) is 1. The van der Waals surface area contributed by atoms with Gasteiger partial charge in [-0.25, -0.2) is 9.78 Å². The summed E-state index contributed by atoms with van der Waals surface area (Å²) in [4.78, 5) is 32.5. The monoisotopic (exact) mass is 447 g/mol. The lowest BCUT2D eigenvalue weighted by Gasteiger charge is -2.26. The number of aryl methyl sites for hydroxylation is 1. The van der Waals surface area contributed by atoms with Crippen molar-refractivity contribution in [2.24, 2.45) is 0 Å². The van der Waals surface area contributed by atoms with E-state index in [4.69, 9.17) is 4.74 Å². The molecule has 1 aromatic carbocycles. The molecule has 6 nitrogen and oxygen atoms in total. The number of carbonyl (C=O) groups excluding carboxylic acids is 2. The fourth-order valence-corrected chi connectivity index (χ4v) is 3.31. The van der Waals surface area contributed by atoms with E-state index < -0.39 is 5.97 Å². The van der Waals surface area contributed by atoms with E-state index in [1.165, 1.54) is 0 Å². The summed E-state index contributed by atoms with van der Waals surface area (Å²) in [6, 6.07) is 9.32. The summed E-state index contributed by atoms with van der Waals surface area (Å²) in [6.07, 6.45) is 7.28. The molecule has 0 unspecified atom stereocenters. The van der Waals surface area contributed by atoms with Gasteiger partial charge in [0.1, 0.15) is 5.82 Å². The van der Waals surface area contributed by atoms with Crippen LogP contribution in [0.1, 0.15) is 40.3 Å². The molecule has 0 aliphatic carbocycles. The fraction of sp³-hybridized carbons (Fsp3) is 0.222. The molecule has 0 aliphatic rings. The molecular formula is C27H33N3O3. The number of anilines is 1. The quantitative estimate of drug-likeness (QED) is 0.330. The summed E-state index contributed by atoms with van der Waals surface area (Å²) < 4.78 is 5.30. The van der Waals surface area contributed by atoms with Crippen LogP contribution in [0.15, 0.2) is 80.1 Å². The number of hydrogen-bond acceptors (Lipinski definition) is 5. The van der Waals surface area contributed by atoms with Gasteiger partial charge in [0.15, 0.2) is 0 Å². The number of rotatable bonds is 8. The standard InChI is InChI=1S/C25H29N3O3.C2H4/c1-7-13-19(14-8-2)28(6)23-22(24(29)26-5)21(18-15-11-10-12-16-18)20(17(4)27-23)25(30)31-9-3;1-2/h7-8,10-16H,1,9H2,2-6H3,(H,26,29);1-2H2/b14-8-,19-13+;. The van der Waals surface area contributed by atoms with E-state index in [9.17, 15) is 9.59 Å². The van der Waals surface area contributed by atoms with Gasteiger partial charge in [-0.3, -0.25) is 4.79 Å². The Hall–Kier alpha value is -3.93. The second-order valence-electron chi connectivity index (χ2n) is 6.70. The maximum Gasteiger partial charge on any atom is 0.340 e. The number of nitrogens with one attached hydrogen (secondary N) is 1. The van der Waals surface area contributed by atoms with Crippen molar-refractivity contribution in [1.82, 2.24) is 10.3 Å². The molecule has 1 heterocycles. The maximum atomic E-state index is 13.1. The number of nitrogens with zero attached hydrogens (tertiary/aromatic N) is 2. The van der Waals surface area contributed by atoms with Gasteiger partial charge >= 0.3 is 5.97 Å². The minimum atomic E-state index is -0.513. The van der Waals surface area contributed by atoms with Crippen LogP contribution >= 0.6 is 0 Å². The number of carbonyl (C=O) groups is 2. The highest BCUT2D eigenvalue weighted by atomic mass is 16.5. The molecule has 0 spiro atoms. The highest BCUT2D eigenvalue weighted by Crippen LogP contribution is 2.36. The first-order chi connectivity index (χ1) is 15.9. The summed E-state index contributed by atoms with van der Waals surface area (Å²) in [5.41, 5.74) is 3.06. The fourth-order valence-electron chi connectivity index (χ4n) is 3.31. The number of benzene rings is 1. The van der Waals surface area contributed by atoms with E-state index in [1.807, 2.05) is 62.5 Å². The Bertz CT molecular complexity index is 1040. The van der Waals surface area contributed by atoms with Crippen LogP contribution in [0.25, 0.3) is 11.1 Å². The van der Waals surface area contributed by atoms with Crippen LogP contribution in [0.2, 0.25) is 0 Å². The Labute approximate surface area is 197 Å². The first-order valence-corrected chi connectivity index (χ1v) is 10.6. The van der Waals surface area contributed by atoms with Crippen LogP contribution in [0, 0.1) is 6.92 Å². The van der Waals surface area contributed by atoms with Gasteiger partial charge < -0.3 is 15.0 Å². The third kappa shape index (κ3) is 6.29. The van der Waals surface area contributed by atoms with Crippen LogP contribution in [0.5, 0.6) is 0 Å². The molecule has 2 rings (SSSR count). The molecule has 174 valence electrons. The van der Waals surface area contributed by atoms with Gasteiger partial charge in [-0.1, -0.05) is 49.1 Å². The number of esters is 1. The SMILES string of the molecule is C=C.C=C/C=C(\C=C/C)N(C)c1nc(C)c(C(=O)OCC)c(-c2ccccc2)c1C(=O)NC. The van der Waals surface area contributed by atoms with Crippen molar-refractivity contribution in [3.8, 4) is 11.1 Å². The number of aromatic nitrogens is 1. The van der Waals surface area contributed by atoms with E-state index in [0.29, 0.717) is 22.6 Å². The van der Waals surface area contributed by atoms with Crippen LogP contribution in [0.4, 0.5) is 5.82 Å². The first kappa shape index (κ1) is 27.1. The van der Waals surface area contributed by atoms with Gasteiger partial charge in [-0.05, 0) is 38.5 Å². The van der Waals surface area contributed by atoms with Gasteiger partial charge in [0, 0.05) is 25.4 Å². The third-order valence-electron chi connectivity index (χ3n) is 4.69. The molecule has 0 bridgehead atoms. The molecule has 2 aromatic rings. The molecule has 0 radical (unpaired) electrons. The minimum absolute atomic E-state index is 0.219. The predicted octanol–water partition coefficient (Wildman–Crippen LogP) is 5.48. The van der Waals surface area contributed by atoms with Crippen molar-refractivity contribution in [1.29, 1.82) is 0 Å². The predicted molar refractivity (Wildman–Crippen MR) is 137 cm³/mol. The zero-order valence-electron chi connectivity index (χ0n) is 20.1. The summed E-state index contributed by atoms with van der Waals surface area (Å²) in [6.45, 7) is 15.4. The molecule has 33 heavy (non-hydrogen) atoms. The minimum Gasteiger partial charge on any atom is -0.462 e. The molecule has 1 aromatic heterocycles. The van der Waals surface area contributed by atoms with Gasteiger partial charge in [0.25, 0.3) is 5.91 Å². The topological polar surface area (TPSA) is 71.5 Å². The van der Waals surface area contributed by atoms with Crippen molar-refractivity contribution in [3.05, 3.63) is 96.9 Å². The third-order valence-corrected chi connectivity index (χ3v) is 4.69. The lowest BCUT2D eigenvalue weighted by Crippen LogP contribution is -2.27. The Morgan fingerprint density at radius 3 is 2.33 bits per heavy atom. The van der Waals surface area contributed by atoms with Crippen LogP contribution in [0.3, 0.4) is 0 Å². The van der Waals surface area contributed by atoms with Crippen molar-refractivity contribution in [2.45, 2.75) is 20.8 Å². The molecule has 0 saturated heterocycles.